The van der Waals surface area contributed by atoms with E-state index in [0.29, 0.717) is 12.3 Å². The molecular weight excluding hydrogens is 222 g/mol. The number of hydrogen-bond acceptors (Lipinski definition) is 5. The Morgan fingerprint density at radius 3 is 2.82 bits per heavy atom. The lowest BCUT2D eigenvalue weighted by Gasteiger charge is -2.04. The van der Waals surface area contributed by atoms with Gasteiger partial charge in [0.2, 0.25) is 0 Å². The SMILES string of the molecule is CCOC(=O)CCNC(=O)c1ccc(N)cn1. The molecule has 1 rings (SSSR count). The number of nitrogens with one attached hydrogen (secondary N) is 1. The van der Waals surface area contributed by atoms with Crippen molar-refractivity contribution in [1.82, 2.24) is 10.3 Å². The maximum Gasteiger partial charge on any atom is 0.307 e. The van der Waals surface area contributed by atoms with Crippen LogP contribution in [0, 0.1) is 0 Å². The number of rotatable bonds is 5. The quantitative estimate of drug-likeness (QED) is 0.720. The van der Waals surface area contributed by atoms with E-state index < -0.39 is 0 Å². The number of nitrogen functional groups attached to an aromatic ring is 1. The molecule has 0 unspecified atom stereocenters. The van der Waals surface area contributed by atoms with E-state index in [2.05, 4.69) is 10.3 Å². The predicted octanol–water partition coefficient (Wildman–Crippen LogP) is 0.347. The second-order valence-electron chi connectivity index (χ2n) is 3.29. The molecule has 0 fully saturated rings. The molecule has 0 aliphatic heterocycles. The first-order valence-electron chi connectivity index (χ1n) is 5.29. The van der Waals surface area contributed by atoms with Crippen LogP contribution in [0.1, 0.15) is 23.8 Å². The topological polar surface area (TPSA) is 94.3 Å². The molecule has 1 aromatic rings. The summed E-state index contributed by atoms with van der Waals surface area (Å²) in [5.74, 6) is -0.674. The first-order valence-corrected chi connectivity index (χ1v) is 5.29. The van der Waals surface area contributed by atoms with Gasteiger partial charge in [0.1, 0.15) is 5.69 Å². The molecule has 0 atom stereocenters. The number of esters is 1. The first-order chi connectivity index (χ1) is 8.13. The summed E-state index contributed by atoms with van der Waals surface area (Å²) in [6, 6.07) is 3.11. The minimum atomic E-state index is -0.339. The van der Waals surface area contributed by atoms with Crippen LogP contribution in [0.2, 0.25) is 0 Å². The van der Waals surface area contributed by atoms with E-state index in [4.69, 9.17) is 10.5 Å². The van der Waals surface area contributed by atoms with Crippen molar-refractivity contribution in [1.29, 1.82) is 0 Å². The van der Waals surface area contributed by atoms with Crippen molar-refractivity contribution >= 4 is 17.6 Å². The van der Waals surface area contributed by atoms with E-state index in [-0.39, 0.29) is 30.5 Å². The number of nitrogens with two attached hydrogens (primary N) is 1. The van der Waals surface area contributed by atoms with Gasteiger partial charge in [-0.25, -0.2) is 4.98 Å². The van der Waals surface area contributed by atoms with Crippen molar-refractivity contribution in [2.24, 2.45) is 0 Å². The molecule has 17 heavy (non-hydrogen) atoms. The zero-order valence-corrected chi connectivity index (χ0v) is 9.60. The minimum Gasteiger partial charge on any atom is -0.466 e. The van der Waals surface area contributed by atoms with Crippen molar-refractivity contribution < 1.29 is 14.3 Å². The lowest BCUT2D eigenvalue weighted by Crippen LogP contribution is -2.27. The zero-order valence-electron chi connectivity index (χ0n) is 9.60. The lowest BCUT2D eigenvalue weighted by molar-refractivity contribution is -0.142. The molecule has 6 nitrogen and oxygen atoms in total. The Kier molecular flexibility index (Phi) is 4.93. The Balaban J connectivity index is 2.35. The minimum absolute atomic E-state index is 0.147. The van der Waals surface area contributed by atoms with Crippen molar-refractivity contribution in [3.63, 3.8) is 0 Å². The van der Waals surface area contributed by atoms with E-state index in [1.165, 1.54) is 12.3 Å². The zero-order chi connectivity index (χ0) is 12.7. The third kappa shape index (κ3) is 4.50. The highest BCUT2D eigenvalue weighted by molar-refractivity contribution is 5.92. The summed E-state index contributed by atoms with van der Waals surface area (Å²) >= 11 is 0. The fourth-order valence-corrected chi connectivity index (χ4v) is 1.14. The van der Waals surface area contributed by atoms with E-state index in [1.807, 2.05) is 0 Å². The highest BCUT2D eigenvalue weighted by Crippen LogP contribution is 2.00. The summed E-state index contributed by atoms with van der Waals surface area (Å²) in [4.78, 5) is 26.4. The second-order valence-corrected chi connectivity index (χ2v) is 3.29. The van der Waals surface area contributed by atoms with Gasteiger partial charge in [0.05, 0.1) is 24.9 Å². The Labute approximate surface area is 99.2 Å². The van der Waals surface area contributed by atoms with E-state index in [9.17, 15) is 9.59 Å². The number of aromatic nitrogens is 1. The standard InChI is InChI=1S/C11H15N3O3/c1-2-17-10(15)5-6-13-11(16)9-4-3-8(12)7-14-9/h3-4,7H,2,5-6,12H2,1H3,(H,13,16). The van der Waals surface area contributed by atoms with Crippen LogP contribution in [0.5, 0.6) is 0 Å². The third-order valence-corrected chi connectivity index (χ3v) is 1.94. The lowest BCUT2D eigenvalue weighted by atomic mass is 10.3. The Bertz CT molecular complexity index is 389. The fraction of sp³-hybridized carbons (Fsp3) is 0.364. The predicted molar refractivity (Wildman–Crippen MR) is 62.2 cm³/mol. The van der Waals surface area contributed by atoms with Gasteiger partial charge in [0, 0.05) is 6.54 Å². The number of amides is 1. The summed E-state index contributed by atoms with van der Waals surface area (Å²) < 4.78 is 4.72. The average Bonchev–Trinajstić information content (AvgIpc) is 2.30. The van der Waals surface area contributed by atoms with Gasteiger partial charge in [-0.3, -0.25) is 9.59 Å². The number of carbonyl (C=O) groups is 2. The molecule has 3 N–H and O–H groups in total. The van der Waals surface area contributed by atoms with Crippen LogP contribution in [0.25, 0.3) is 0 Å². The molecule has 0 radical (unpaired) electrons. The van der Waals surface area contributed by atoms with Crippen molar-refractivity contribution in [2.75, 3.05) is 18.9 Å². The summed E-state index contributed by atoms with van der Waals surface area (Å²) in [7, 11) is 0. The van der Waals surface area contributed by atoms with Crippen LogP contribution >= 0.6 is 0 Å². The summed E-state index contributed by atoms with van der Waals surface area (Å²) in [6.45, 7) is 2.30. The van der Waals surface area contributed by atoms with Crippen molar-refractivity contribution in [3.05, 3.63) is 24.0 Å². The van der Waals surface area contributed by atoms with E-state index in [0.717, 1.165) is 0 Å². The second kappa shape index (κ2) is 6.47. The Morgan fingerprint density at radius 2 is 2.24 bits per heavy atom. The maximum absolute atomic E-state index is 11.5. The molecule has 0 saturated heterocycles. The highest BCUT2D eigenvalue weighted by atomic mass is 16.5. The van der Waals surface area contributed by atoms with Gasteiger partial charge in [-0.2, -0.15) is 0 Å². The highest BCUT2D eigenvalue weighted by Gasteiger charge is 2.07. The largest absolute Gasteiger partial charge is 0.466 e. The van der Waals surface area contributed by atoms with Gasteiger partial charge in [-0.1, -0.05) is 0 Å². The number of nitrogens with zero attached hydrogens (tertiary/aromatic N) is 1. The Hall–Kier alpha value is -2.11. The van der Waals surface area contributed by atoms with Gasteiger partial charge in [0.25, 0.3) is 5.91 Å². The van der Waals surface area contributed by atoms with Crippen molar-refractivity contribution in [2.45, 2.75) is 13.3 Å². The summed E-state index contributed by atoms with van der Waals surface area (Å²) in [5.41, 5.74) is 6.20. The van der Waals surface area contributed by atoms with Gasteiger partial charge in [-0.15, -0.1) is 0 Å². The molecule has 0 aliphatic rings. The number of pyridine rings is 1. The van der Waals surface area contributed by atoms with Crippen LogP contribution < -0.4 is 11.1 Å². The molecule has 0 aromatic carbocycles. The molecule has 6 heteroatoms. The number of ether oxygens (including phenoxy) is 1. The maximum atomic E-state index is 11.5. The van der Waals surface area contributed by atoms with Gasteiger partial charge in [-0.05, 0) is 19.1 Å². The molecule has 1 amide bonds. The smallest absolute Gasteiger partial charge is 0.307 e. The van der Waals surface area contributed by atoms with Gasteiger partial charge < -0.3 is 15.8 Å². The normalized spacial score (nSPS) is 9.71. The number of hydrogen-bond donors (Lipinski definition) is 2. The first kappa shape index (κ1) is 13.0. The van der Waals surface area contributed by atoms with Crippen molar-refractivity contribution in [3.8, 4) is 0 Å². The molecule has 0 saturated carbocycles. The van der Waals surface area contributed by atoms with Gasteiger partial charge in [0.15, 0.2) is 0 Å². The van der Waals surface area contributed by atoms with Crippen LogP contribution in [0.15, 0.2) is 18.3 Å². The number of anilines is 1. The monoisotopic (exact) mass is 237 g/mol. The molecule has 0 bridgehead atoms. The molecule has 0 aliphatic carbocycles. The summed E-state index contributed by atoms with van der Waals surface area (Å²) in [5, 5.41) is 2.56. The Morgan fingerprint density at radius 1 is 1.47 bits per heavy atom. The summed E-state index contributed by atoms with van der Waals surface area (Å²) in [6.07, 6.45) is 1.55. The average molecular weight is 237 g/mol. The molecule has 0 spiro atoms. The van der Waals surface area contributed by atoms with Crippen LogP contribution in [0.3, 0.4) is 0 Å². The molecule has 92 valence electrons. The molecule has 1 heterocycles. The van der Waals surface area contributed by atoms with E-state index in [1.54, 1.807) is 13.0 Å². The van der Waals surface area contributed by atoms with Crippen LogP contribution in [0.4, 0.5) is 5.69 Å². The number of carbonyl (C=O) groups excluding carboxylic acids is 2. The van der Waals surface area contributed by atoms with Gasteiger partial charge >= 0.3 is 5.97 Å². The molecular formula is C11H15N3O3. The van der Waals surface area contributed by atoms with E-state index >= 15 is 0 Å². The fourth-order valence-electron chi connectivity index (χ4n) is 1.14. The van der Waals surface area contributed by atoms with Crippen LogP contribution in [-0.2, 0) is 9.53 Å². The third-order valence-electron chi connectivity index (χ3n) is 1.94. The van der Waals surface area contributed by atoms with Crippen LogP contribution in [-0.4, -0.2) is 30.0 Å². The molecule has 1 aromatic heterocycles.